The van der Waals surface area contributed by atoms with Crippen molar-refractivity contribution in [3.63, 3.8) is 0 Å². The van der Waals surface area contributed by atoms with Gasteiger partial charge in [-0.05, 0) is 19.5 Å². The average Bonchev–Trinajstić information content (AvgIpc) is 3.18. The molecule has 8 heteroatoms. The van der Waals surface area contributed by atoms with E-state index in [1.165, 1.54) is 6.20 Å². The fraction of sp³-hybridized carbons (Fsp3) is 0.500. The molecule has 0 spiro atoms. The van der Waals surface area contributed by atoms with Crippen LogP contribution in [0.5, 0.6) is 0 Å². The second-order valence-electron chi connectivity index (χ2n) is 5.86. The van der Waals surface area contributed by atoms with Crippen LogP contribution in [0.2, 0.25) is 0 Å². The van der Waals surface area contributed by atoms with Crippen LogP contribution >= 0.6 is 0 Å². The molecular formula is C16H22N6O2. The van der Waals surface area contributed by atoms with Crippen LogP contribution in [-0.4, -0.2) is 57.0 Å². The molecule has 0 saturated carbocycles. The number of fused-ring (bicyclic) bond motifs is 1. The Morgan fingerprint density at radius 2 is 2.21 bits per heavy atom. The van der Waals surface area contributed by atoms with Gasteiger partial charge in [0.2, 0.25) is 5.91 Å². The van der Waals surface area contributed by atoms with E-state index in [2.05, 4.69) is 39.5 Å². The molecule has 3 rings (SSSR count). The second kappa shape index (κ2) is 6.96. The van der Waals surface area contributed by atoms with Gasteiger partial charge in [-0.2, -0.15) is 5.10 Å². The topological polar surface area (TPSA) is 91.6 Å². The summed E-state index contributed by atoms with van der Waals surface area (Å²) in [5.74, 6) is -0.467. The number of carbonyl (C=O) groups excluding carboxylic acids is 2. The lowest BCUT2D eigenvalue weighted by molar-refractivity contribution is -0.120. The predicted molar refractivity (Wildman–Crippen MR) is 88.5 cm³/mol. The van der Waals surface area contributed by atoms with Crippen LogP contribution in [0.3, 0.4) is 0 Å². The van der Waals surface area contributed by atoms with Gasteiger partial charge in [0.15, 0.2) is 5.65 Å². The number of amides is 2. The zero-order chi connectivity index (χ0) is 17.1. The highest BCUT2D eigenvalue weighted by molar-refractivity contribution is 6.02. The summed E-state index contributed by atoms with van der Waals surface area (Å²) in [5, 5.41) is 9.66. The molecule has 0 aliphatic carbocycles. The van der Waals surface area contributed by atoms with Crippen LogP contribution in [0.1, 0.15) is 36.2 Å². The smallest absolute Gasteiger partial charge is 0.257 e. The van der Waals surface area contributed by atoms with Crippen molar-refractivity contribution in [2.45, 2.75) is 32.9 Å². The molecule has 8 nitrogen and oxygen atoms in total. The summed E-state index contributed by atoms with van der Waals surface area (Å²) in [5.41, 5.74) is 1.91. The summed E-state index contributed by atoms with van der Waals surface area (Å²) in [7, 11) is 0. The molecule has 1 saturated heterocycles. The maximum absolute atomic E-state index is 12.4. The van der Waals surface area contributed by atoms with E-state index < -0.39 is 6.04 Å². The Labute approximate surface area is 140 Å². The van der Waals surface area contributed by atoms with Gasteiger partial charge in [-0.15, -0.1) is 0 Å². The van der Waals surface area contributed by atoms with Gasteiger partial charge in [0.25, 0.3) is 5.91 Å². The Balaban J connectivity index is 1.77. The molecule has 2 aromatic heterocycles. The van der Waals surface area contributed by atoms with E-state index in [0.29, 0.717) is 24.2 Å². The highest BCUT2D eigenvalue weighted by atomic mass is 16.2. The predicted octanol–water partition coefficient (Wildman–Crippen LogP) is 0.189. The number of nitrogens with one attached hydrogen (secondary N) is 2. The minimum absolute atomic E-state index is 0.144. The minimum atomic E-state index is -0.477. The van der Waals surface area contributed by atoms with Crippen molar-refractivity contribution in [2.24, 2.45) is 0 Å². The normalized spacial score (nSPS) is 17.5. The standard InChI is InChI=1S/C16H22N6O2/c1-3-21(4-2)9-11-7-18-14-12(8-19-22(14)10-11)15(23)20-13-5-6-17-16(13)24/h7-8,10,13H,3-6,9H2,1-2H3,(H,17,24)(H,20,23)/t13-/m1/s1. The molecule has 1 aliphatic rings. The Morgan fingerprint density at radius 3 is 2.88 bits per heavy atom. The van der Waals surface area contributed by atoms with Crippen molar-refractivity contribution in [1.82, 2.24) is 30.1 Å². The molecule has 128 valence electrons. The summed E-state index contributed by atoms with van der Waals surface area (Å²) < 4.78 is 1.61. The largest absolute Gasteiger partial charge is 0.354 e. The first-order chi connectivity index (χ1) is 11.6. The quantitative estimate of drug-likeness (QED) is 0.789. The molecule has 0 radical (unpaired) electrons. The van der Waals surface area contributed by atoms with Crippen molar-refractivity contribution < 1.29 is 9.59 Å². The molecule has 1 aliphatic heterocycles. The van der Waals surface area contributed by atoms with Gasteiger partial charge in [-0.25, -0.2) is 9.50 Å². The summed E-state index contributed by atoms with van der Waals surface area (Å²) in [4.78, 5) is 30.6. The summed E-state index contributed by atoms with van der Waals surface area (Å²) in [6, 6.07) is -0.477. The summed E-state index contributed by atoms with van der Waals surface area (Å²) in [6.45, 7) is 7.54. The van der Waals surface area contributed by atoms with Crippen molar-refractivity contribution in [2.75, 3.05) is 19.6 Å². The third-order valence-corrected chi connectivity index (χ3v) is 4.31. The Hall–Kier alpha value is -2.48. The van der Waals surface area contributed by atoms with Crippen molar-refractivity contribution in [3.05, 3.63) is 29.7 Å². The van der Waals surface area contributed by atoms with Gasteiger partial charge in [-0.3, -0.25) is 14.5 Å². The van der Waals surface area contributed by atoms with Gasteiger partial charge >= 0.3 is 0 Å². The molecule has 2 amide bonds. The molecule has 24 heavy (non-hydrogen) atoms. The maximum Gasteiger partial charge on any atom is 0.257 e. The Kier molecular flexibility index (Phi) is 4.75. The molecule has 0 bridgehead atoms. The maximum atomic E-state index is 12.4. The molecular weight excluding hydrogens is 308 g/mol. The van der Waals surface area contributed by atoms with Crippen LogP contribution in [0, 0.1) is 0 Å². The molecule has 1 atom stereocenters. The number of aromatic nitrogens is 3. The Bertz CT molecular complexity index is 752. The van der Waals surface area contributed by atoms with Crippen LogP contribution in [-0.2, 0) is 11.3 Å². The summed E-state index contributed by atoms with van der Waals surface area (Å²) >= 11 is 0. The highest BCUT2D eigenvalue weighted by Crippen LogP contribution is 2.11. The zero-order valence-electron chi connectivity index (χ0n) is 14.0. The van der Waals surface area contributed by atoms with E-state index in [1.54, 1.807) is 10.7 Å². The van der Waals surface area contributed by atoms with Crippen molar-refractivity contribution in [1.29, 1.82) is 0 Å². The number of rotatable bonds is 6. The minimum Gasteiger partial charge on any atom is -0.354 e. The third kappa shape index (κ3) is 3.23. The number of hydrogen-bond donors (Lipinski definition) is 2. The molecule has 0 unspecified atom stereocenters. The van der Waals surface area contributed by atoms with Gasteiger partial charge in [0, 0.05) is 31.0 Å². The lowest BCUT2D eigenvalue weighted by atomic mass is 10.2. The van der Waals surface area contributed by atoms with E-state index >= 15 is 0 Å². The first-order valence-electron chi connectivity index (χ1n) is 8.25. The van der Waals surface area contributed by atoms with Gasteiger partial charge in [0.1, 0.15) is 11.6 Å². The molecule has 2 N–H and O–H groups in total. The fourth-order valence-electron chi connectivity index (χ4n) is 2.83. The lowest BCUT2D eigenvalue weighted by Crippen LogP contribution is -2.40. The monoisotopic (exact) mass is 330 g/mol. The van der Waals surface area contributed by atoms with Crippen molar-refractivity contribution in [3.8, 4) is 0 Å². The van der Waals surface area contributed by atoms with Crippen LogP contribution < -0.4 is 10.6 Å². The SMILES string of the molecule is CCN(CC)Cc1cnc2c(C(=O)N[C@@H]3CCNC3=O)cnn2c1. The molecule has 2 aromatic rings. The number of hydrogen-bond acceptors (Lipinski definition) is 5. The molecule has 0 aromatic carbocycles. The van der Waals surface area contributed by atoms with E-state index in [0.717, 1.165) is 25.2 Å². The van der Waals surface area contributed by atoms with Crippen LogP contribution in [0.4, 0.5) is 0 Å². The molecule has 1 fully saturated rings. The Morgan fingerprint density at radius 1 is 1.42 bits per heavy atom. The van der Waals surface area contributed by atoms with Crippen molar-refractivity contribution >= 4 is 17.5 Å². The lowest BCUT2D eigenvalue weighted by Gasteiger charge is -2.17. The fourth-order valence-corrected chi connectivity index (χ4v) is 2.83. The van der Waals surface area contributed by atoms with E-state index in [-0.39, 0.29) is 11.8 Å². The number of nitrogens with zero attached hydrogens (tertiary/aromatic N) is 4. The first kappa shape index (κ1) is 16.4. The van der Waals surface area contributed by atoms with Crippen LogP contribution in [0.15, 0.2) is 18.6 Å². The average molecular weight is 330 g/mol. The van der Waals surface area contributed by atoms with Gasteiger partial charge in [0.05, 0.1) is 6.20 Å². The van der Waals surface area contributed by atoms with E-state index in [4.69, 9.17) is 0 Å². The van der Waals surface area contributed by atoms with Crippen LogP contribution in [0.25, 0.3) is 5.65 Å². The molecule has 3 heterocycles. The van der Waals surface area contributed by atoms with Gasteiger partial charge < -0.3 is 10.6 Å². The number of carbonyl (C=O) groups is 2. The third-order valence-electron chi connectivity index (χ3n) is 4.31. The first-order valence-corrected chi connectivity index (χ1v) is 8.25. The van der Waals surface area contributed by atoms with Gasteiger partial charge in [-0.1, -0.05) is 13.8 Å². The highest BCUT2D eigenvalue weighted by Gasteiger charge is 2.27. The summed E-state index contributed by atoms with van der Waals surface area (Å²) in [6.07, 6.45) is 5.76. The second-order valence-corrected chi connectivity index (χ2v) is 5.86. The van der Waals surface area contributed by atoms with E-state index in [9.17, 15) is 9.59 Å². The van der Waals surface area contributed by atoms with E-state index in [1.807, 2.05) is 6.20 Å². The zero-order valence-corrected chi connectivity index (χ0v) is 14.0.